The summed E-state index contributed by atoms with van der Waals surface area (Å²) in [5.74, 6) is -3.58. The summed E-state index contributed by atoms with van der Waals surface area (Å²) < 4.78 is 52.6. The monoisotopic (exact) mass is 375 g/mol. The van der Waals surface area contributed by atoms with Crippen molar-refractivity contribution >= 4 is 33.0 Å². The van der Waals surface area contributed by atoms with E-state index in [1.54, 1.807) is 24.3 Å². The van der Waals surface area contributed by atoms with Gasteiger partial charge in [0.25, 0.3) is 5.91 Å². The predicted molar refractivity (Wildman–Crippen MR) is 85.2 cm³/mol. The number of alkyl halides is 2. The maximum atomic E-state index is 12.4. The molecule has 0 aromatic heterocycles. The lowest BCUT2D eigenvalue weighted by atomic mass is 10.3. The highest BCUT2D eigenvalue weighted by atomic mass is 35.5. The minimum absolute atomic E-state index is 0.253. The quantitative estimate of drug-likeness (QED) is 0.840. The molecule has 0 unspecified atom stereocenters. The molecule has 2 rings (SSSR count). The van der Waals surface area contributed by atoms with E-state index in [1.807, 2.05) is 0 Å². The molecule has 0 saturated heterocycles. The zero-order valence-electron chi connectivity index (χ0n) is 12.1. The molecule has 128 valence electrons. The first-order chi connectivity index (χ1) is 11.3. The van der Waals surface area contributed by atoms with Gasteiger partial charge in [-0.15, -0.1) is 0 Å². The predicted octanol–water partition coefficient (Wildman–Crippen LogP) is 3.35. The van der Waals surface area contributed by atoms with Crippen molar-refractivity contribution in [2.45, 2.75) is 10.7 Å². The van der Waals surface area contributed by atoms with Crippen LogP contribution in [0.1, 0.15) is 0 Å². The third-order valence-electron chi connectivity index (χ3n) is 2.87. The normalized spacial score (nSPS) is 11.3. The molecule has 0 spiro atoms. The molecule has 0 atom stereocenters. The second kappa shape index (κ2) is 7.59. The first kappa shape index (κ1) is 18.2. The largest absolute Gasteiger partial charge is 0.484 e. The summed E-state index contributed by atoms with van der Waals surface area (Å²) in [5, 5.41) is 2.92. The van der Waals surface area contributed by atoms with Crippen molar-refractivity contribution in [2.24, 2.45) is 0 Å². The number of rotatable bonds is 6. The maximum Gasteiger partial charge on any atom is 0.341 e. The Kier molecular flexibility index (Phi) is 5.74. The van der Waals surface area contributed by atoms with E-state index in [-0.39, 0.29) is 12.3 Å². The molecule has 0 aliphatic rings. The van der Waals surface area contributed by atoms with E-state index in [9.17, 15) is 22.0 Å². The molecule has 24 heavy (non-hydrogen) atoms. The minimum Gasteiger partial charge on any atom is -0.484 e. The van der Waals surface area contributed by atoms with E-state index < -0.39 is 26.4 Å². The van der Waals surface area contributed by atoms with Gasteiger partial charge < -0.3 is 10.1 Å². The van der Waals surface area contributed by atoms with Crippen LogP contribution in [0.15, 0.2) is 53.4 Å². The molecule has 0 heterocycles. The van der Waals surface area contributed by atoms with Crippen LogP contribution in [0.2, 0.25) is 5.02 Å². The smallest absolute Gasteiger partial charge is 0.341 e. The highest BCUT2D eigenvalue weighted by Gasteiger charge is 2.26. The average Bonchev–Trinajstić information content (AvgIpc) is 2.53. The lowest BCUT2D eigenvalue weighted by molar-refractivity contribution is -0.118. The van der Waals surface area contributed by atoms with E-state index in [0.29, 0.717) is 10.8 Å². The number of sulfone groups is 1. The Hall–Kier alpha value is -2.19. The lowest BCUT2D eigenvalue weighted by Crippen LogP contribution is -2.20. The van der Waals surface area contributed by atoms with Gasteiger partial charge in [0.2, 0.25) is 9.84 Å². The number of benzene rings is 2. The molecule has 1 amide bonds. The number of ether oxygens (including phenoxy) is 1. The van der Waals surface area contributed by atoms with E-state index in [0.717, 1.165) is 12.1 Å². The molecule has 0 saturated carbocycles. The second-order valence-electron chi connectivity index (χ2n) is 4.62. The summed E-state index contributed by atoms with van der Waals surface area (Å²) in [4.78, 5) is 11.2. The van der Waals surface area contributed by atoms with E-state index in [2.05, 4.69) is 5.32 Å². The van der Waals surface area contributed by atoms with Crippen molar-refractivity contribution in [1.82, 2.24) is 0 Å². The lowest BCUT2D eigenvalue weighted by Gasteiger charge is -2.08. The van der Waals surface area contributed by atoms with Crippen molar-refractivity contribution < 1.29 is 26.7 Å². The summed E-state index contributed by atoms with van der Waals surface area (Å²) in [6.45, 7) is -0.294. The standard InChI is InChI=1S/C15H12ClF2NO4S/c16-10-2-1-3-12(8-10)23-9-14(20)19-11-4-6-13(7-5-11)24(21,22)15(17)18/h1-8,15H,9H2,(H,19,20). The average molecular weight is 376 g/mol. The van der Waals surface area contributed by atoms with Crippen LogP contribution < -0.4 is 10.1 Å². The number of anilines is 1. The zero-order chi connectivity index (χ0) is 17.7. The Labute approximate surface area is 142 Å². The summed E-state index contributed by atoms with van der Waals surface area (Å²) in [5.41, 5.74) is 0.253. The third kappa shape index (κ3) is 4.65. The topological polar surface area (TPSA) is 72.5 Å². The molecule has 0 aliphatic carbocycles. The maximum absolute atomic E-state index is 12.4. The van der Waals surface area contributed by atoms with E-state index in [1.165, 1.54) is 12.1 Å². The Bertz CT molecular complexity index is 826. The van der Waals surface area contributed by atoms with Crippen LogP contribution in [-0.4, -0.2) is 26.7 Å². The summed E-state index contributed by atoms with van der Waals surface area (Å²) in [6.07, 6.45) is 0. The van der Waals surface area contributed by atoms with E-state index >= 15 is 0 Å². The van der Waals surface area contributed by atoms with Crippen LogP contribution in [0.5, 0.6) is 5.75 Å². The number of hydrogen-bond donors (Lipinski definition) is 1. The number of hydrogen-bond acceptors (Lipinski definition) is 4. The van der Waals surface area contributed by atoms with Gasteiger partial charge in [-0.25, -0.2) is 8.42 Å². The number of halogens is 3. The van der Waals surface area contributed by atoms with Crippen LogP contribution >= 0.6 is 11.6 Å². The molecule has 0 bridgehead atoms. The highest BCUT2D eigenvalue weighted by Crippen LogP contribution is 2.20. The SMILES string of the molecule is O=C(COc1cccc(Cl)c1)Nc1ccc(S(=O)(=O)C(F)F)cc1. The van der Waals surface area contributed by atoms with Gasteiger partial charge in [-0.2, -0.15) is 8.78 Å². The Balaban J connectivity index is 1.95. The molecule has 2 aromatic rings. The molecule has 0 radical (unpaired) electrons. The number of carbonyl (C=O) groups is 1. The van der Waals surface area contributed by atoms with Gasteiger partial charge in [0, 0.05) is 10.7 Å². The molecule has 0 aliphatic heterocycles. The molecule has 0 fully saturated rings. The first-order valence-corrected chi connectivity index (χ1v) is 8.52. The zero-order valence-corrected chi connectivity index (χ0v) is 13.7. The highest BCUT2D eigenvalue weighted by molar-refractivity contribution is 7.91. The van der Waals surface area contributed by atoms with Crippen LogP contribution in [0.4, 0.5) is 14.5 Å². The number of nitrogens with one attached hydrogen (secondary N) is 1. The van der Waals surface area contributed by atoms with Gasteiger partial charge in [0.05, 0.1) is 4.90 Å². The van der Waals surface area contributed by atoms with E-state index in [4.69, 9.17) is 16.3 Å². The van der Waals surface area contributed by atoms with Gasteiger partial charge >= 0.3 is 5.76 Å². The first-order valence-electron chi connectivity index (χ1n) is 6.59. The van der Waals surface area contributed by atoms with Crippen molar-refractivity contribution in [2.75, 3.05) is 11.9 Å². The van der Waals surface area contributed by atoms with Crippen LogP contribution in [0, 0.1) is 0 Å². The van der Waals surface area contributed by atoms with Crippen molar-refractivity contribution in [1.29, 1.82) is 0 Å². The fraction of sp³-hybridized carbons (Fsp3) is 0.133. The Morgan fingerprint density at radius 1 is 1.17 bits per heavy atom. The number of carbonyl (C=O) groups excluding carboxylic acids is 1. The van der Waals surface area contributed by atoms with Gasteiger partial charge in [-0.05, 0) is 42.5 Å². The third-order valence-corrected chi connectivity index (χ3v) is 4.50. The summed E-state index contributed by atoms with van der Waals surface area (Å²) >= 11 is 5.78. The fourth-order valence-electron chi connectivity index (χ4n) is 1.73. The molecular formula is C15H12ClF2NO4S. The molecule has 9 heteroatoms. The van der Waals surface area contributed by atoms with Gasteiger partial charge in [-0.1, -0.05) is 17.7 Å². The Morgan fingerprint density at radius 2 is 1.83 bits per heavy atom. The van der Waals surface area contributed by atoms with Gasteiger partial charge in [0.15, 0.2) is 6.61 Å². The molecule has 1 N–H and O–H groups in total. The summed E-state index contributed by atoms with van der Waals surface area (Å²) in [7, 11) is -4.66. The molecule has 2 aromatic carbocycles. The van der Waals surface area contributed by atoms with Crippen LogP contribution in [-0.2, 0) is 14.6 Å². The Morgan fingerprint density at radius 3 is 2.42 bits per heavy atom. The second-order valence-corrected chi connectivity index (χ2v) is 6.98. The van der Waals surface area contributed by atoms with Crippen LogP contribution in [0.3, 0.4) is 0 Å². The fourth-order valence-corrected chi connectivity index (χ4v) is 2.64. The van der Waals surface area contributed by atoms with Crippen molar-refractivity contribution in [3.63, 3.8) is 0 Å². The van der Waals surface area contributed by atoms with Gasteiger partial charge in [0.1, 0.15) is 5.75 Å². The molecule has 5 nitrogen and oxygen atoms in total. The van der Waals surface area contributed by atoms with Crippen molar-refractivity contribution in [3.05, 3.63) is 53.6 Å². The summed E-state index contributed by atoms with van der Waals surface area (Å²) in [6, 6.07) is 10.9. The van der Waals surface area contributed by atoms with Crippen molar-refractivity contribution in [3.8, 4) is 5.75 Å². The molecular weight excluding hydrogens is 364 g/mol. The van der Waals surface area contributed by atoms with Crippen LogP contribution in [0.25, 0.3) is 0 Å². The minimum atomic E-state index is -4.66. The van der Waals surface area contributed by atoms with Gasteiger partial charge in [-0.3, -0.25) is 4.79 Å². The number of amides is 1.